The molecule has 0 amide bonds. The van der Waals surface area contributed by atoms with Gasteiger partial charge in [0.25, 0.3) is 0 Å². The molecule has 4 aromatic rings. The summed E-state index contributed by atoms with van der Waals surface area (Å²) in [6, 6.07) is 12.1. The Morgan fingerprint density at radius 3 is 2.71 bits per heavy atom. The molecular formula is C28H30FN5O4. The summed E-state index contributed by atoms with van der Waals surface area (Å²) in [7, 11) is 3.24. The molecule has 1 N–H and O–H groups in total. The van der Waals surface area contributed by atoms with Crippen LogP contribution in [0.4, 0.5) is 10.2 Å². The number of methoxy groups -OCH3 is 2. The number of benzene rings is 2. The zero-order valence-corrected chi connectivity index (χ0v) is 21.7. The van der Waals surface area contributed by atoms with E-state index in [0.29, 0.717) is 54.0 Å². The molecule has 1 spiro atoms. The van der Waals surface area contributed by atoms with Gasteiger partial charge < -0.3 is 24.3 Å². The number of aryl methyl sites for hydroxylation is 1. The van der Waals surface area contributed by atoms with Crippen LogP contribution in [0.15, 0.2) is 42.5 Å². The molecular weight excluding hydrogens is 489 g/mol. The number of halogens is 1. The molecule has 1 saturated heterocycles. The van der Waals surface area contributed by atoms with Gasteiger partial charge in [0.2, 0.25) is 0 Å². The fourth-order valence-corrected chi connectivity index (χ4v) is 5.39. The molecule has 10 heteroatoms. The predicted octanol–water partition coefficient (Wildman–Crippen LogP) is 4.88. The highest BCUT2D eigenvalue weighted by Gasteiger charge is 2.45. The van der Waals surface area contributed by atoms with E-state index in [1.807, 2.05) is 31.2 Å². The van der Waals surface area contributed by atoms with Gasteiger partial charge in [-0.05, 0) is 37.6 Å². The fourth-order valence-electron chi connectivity index (χ4n) is 5.39. The number of fused-ring (bicyclic) bond motifs is 1. The van der Waals surface area contributed by atoms with Gasteiger partial charge in [0.15, 0.2) is 23.1 Å². The Bertz CT molecular complexity index is 1480. The maximum absolute atomic E-state index is 14.1. The third kappa shape index (κ3) is 4.43. The van der Waals surface area contributed by atoms with Crippen LogP contribution >= 0.6 is 0 Å². The van der Waals surface area contributed by atoms with E-state index in [4.69, 9.17) is 34.0 Å². The second-order valence-corrected chi connectivity index (χ2v) is 9.69. The fraction of sp³-hybridized carbons (Fsp3) is 0.393. The van der Waals surface area contributed by atoms with Gasteiger partial charge in [0.05, 0.1) is 38.8 Å². The van der Waals surface area contributed by atoms with E-state index in [2.05, 4.69) is 5.32 Å². The van der Waals surface area contributed by atoms with E-state index in [1.165, 1.54) is 12.1 Å². The van der Waals surface area contributed by atoms with Crippen molar-refractivity contribution < 1.29 is 23.3 Å². The summed E-state index contributed by atoms with van der Waals surface area (Å²) in [5.41, 5.74) is 3.61. The van der Waals surface area contributed by atoms with Crippen LogP contribution in [0.2, 0.25) is 0 Å². The number of nitrogens with one attached hydrogen (secondary N) is 1. The molecule has 2 aliphatic rings. The molecule has 198 valence electrons. The van der Waals surface area contributed by atoms with E-state index in [1.54, 1.807) is 24.8 Å². The highest BCUT2D eigenvalue weighted by molar-refractivity contribution is 5.71. The third-order valence-corrected chi connectivity index (χ3v) is 7.37. The van der Waals surface area contributed by atoms with Crippen molar-refractivity contribution in [3.05, 3.63) is 65.4 Å². The number of aromatic nitrogens is 4. The first-order chi connectivity index (χ1) is 18.5. The van der Waals surface area contributed by atoms with Crippen molar-refractivity contribution in [1.82, 2.24) is 19.6 Å². The predicted molar refractivity (Wildman–Crippen MR) is 139 cm³/mol. The molecule has 1 atom stereocenters. The van der Waals surface area contributed by atoms with Gasteiger partial charge in [0, 0.05) is 42.5 Å². The van der Waals surface area contributed by atoms with Crippen LogP contribution in [0.25, 0.3) is 16.9 Å². The summed E-state index contributed by atoms with van der Waals surface area (Å²) >= 11 is 0. The van der Waals surface area contributed by atoms with Crippen LogP contribution in [0, 0.1) is 12.7 Å². The van der Waals surface area contributed by atoms with Crippen LogP contribution in [-0.4, -0.2) is 52.8 Å². The molecule has 3 heterocycles. The topological polar surface area (TPSA) is 92.0 Å². The Labute approximate surface area is 219 Å². The first-order valence-corrected chi connectivity index (χ1v) is 12.7. The monoisotopic (exact) mass is 519 g/mol. The first kappa shape index (κ1) is 24.6. The maximum atomic E-state index is 14.1. The van der Waals surface area contributed by atoms with E-state index in [9.17, 15) is 4.39 Å². The SMILES string of the molecule is COc1ccc(CNc2nc(-c3cccc(F)c3)c(C)n3nc(C4CCC5(C4)OCCO5)nc23)c(OC)c1. The van der Waals surface area contributed by atoms with Gasteiger partial charge >= 0.3 is 0 Å². The average Bonchev–Trinajstić information content (AvgIpc) is 3.69. The lowest BCUT2D eigenvalue weighted by Crippen LogP contribution is -2.25. The minimum absolute atomic E-state index is 0.111. The van der Waals surface area contributed by atoms with E-state index >= 15 is 0 Å². The molecule has 38 heavy (non-hydrogen) atoms. The lowest BCUT2D eigenvalue weighted by atomic mass is 10.1. The largest absolute Gasteiger partial charge is 0.497 e. The number of hydrogen-bond acceptors (Lipinski definition) is 8. The Balaban J connectivity index is 1.40. The zero-order valence-electron chi connectivity index (χ0n) is 21.7. The van der Waals surface area contributed by atoms with Gasteiger partial charge in [-0.1, -0.05) is 12.1 Å². The molecule has 1 aliphatic carbocycles. The molecule has 2 aromatic heterocycles. The van der Waals surface area contributed by atoms with Gasteiger partial charge in [0.1, 0.15) is 17.3 Å². The van der Waals surface area contributed by atoms with Crippen molar-refractivity contribution in [3.8, 4) is 22.8 Å². The van der Waals surface area contributed by atoms with Gasteiger partial charge in [-0.15, -0.1) is 0 Å². The summed E-state index contributed by atoms with van der Waals surface area (Å²) < 4.78 is 38.7. The van der Waals surface area contributed by atoms with Crippen LogP contribution in [-0.2, 0) is 16.0 Å². The molecule has 9 nitrogen and oxygen atoms in total. The Kier molecular flexibility index (Phi) is 6.37. The minimum atomic E-state index is -0.520. The molecule has 1 saturated carbocycles. The van der Waals surface area contributed by atoms with E-state index in [-0.39, 0.29) is 11.7 Å². The molecule has 1 aliphatic heterocycles. The summed E-state index contributed by atoms with van der Waals surface area (Å²) in [6.45, 7) is 3.59. The third-order valence-electron chi connectivity index (χ3n) is 7.37. The van der Waals surface area contributed by atoms with Crippen molar-refractivity contribution in [1.29, 1.82) is 0 Å². The van der Waals surface area contributed by atoms with Gasteiger partial charge in [-0.2, -0.15) is 5.10 Å². The van der Waals surface area contributed by atoms with Crippen molar-refractivity contribution in [2.24, 2.45) is 0 Å². The lowest BCUT2D eigenvalue weighted by molar-refractivity contribution is -0.151. The number of hydrogen-bond donors (Lipinski definition) is 1. The molecule has 2 aromatic carbocycles. The quantitative estimate of drug-likeness (QED) is 0.370. The number of ether oxygens (including phenoxy) is 4. The Hall–Kier alpha value is -3.76. The Morgan fingerprint density at radius 1 is 1.11 bits per heavy atom. The van der Waals surface area contributed by atoms with Gasteiger partial charge in [-0.25, -0.2) is 18.9 Å². The van der Waals surface area contributed by atoms with Crippen molar-refractivity contribution in [2.45, 2.75) is 44.4 Å². The summed E-state index contributed by atoms with van der Waals surface area (Å²) in [5, 5.41) is 8.33. The van der Waals surface area contributed by atoms with Gasteiger partial charge in [-0.3, -0.25) is 0 Å². The molecule has 2 fully saturated rings. The maximum Gasteiger partial charge on any atom is 0.198 e. The van der Waals surface area contributed by atoms with Crippen molar-refractivity contribution in [2.75, 3.05) is 32.8 Å². The van der Waals surface area contributed by atoms with Crippen LogP contribution in [0.3, 0.4) is 0 Å². The van der Waals surface area contributed by atoms with Crippen molar-refractivity contribution >= 4 is 11.5 Å². The van der Waals surface area contributed by atoms with Crippen LogP contribution < -0.4 is 14.8 Å². The zero-order chi connectivity index (χ0) is 26.3. The summed E-state index contributed by atoms with van der Waals surface area (Å²) in [6.07, 6.45) is 2.42. The second kappa shape index (κ2) is 9.85. The van der Waals surface area contributed by atoms with E-state index < -0.39 is 5.79 Å². The van der Waals surface area contributed by atoms with Crippen LogP contribution in [0.5, 0.6) is 11.5 Å². The number of nitrogens with zero attached hydrogens (tertiary/aromatic N) is 4. The average molecular weight is 520 g/mol. The Morgan fingerprint density at radius 2 is 1.95 bits per heavy atom. The van der Waals surface area contributed by atoms with Crippen LogP contribution in [0.1, 0.15) is 42.3 Å². The number of anilines is 1. The smallest absolute Gasteiger partial charge is 0.198 e. The number of rotatable bonds is 7. The first-order valence-electron chi connectivity index (χ1n) is 12.7. The minimum Gasteiger partial charge on any atom is -0.497 e. The molecule has 1 unspecified atom stereocenters. The molecule has 0 radical (unpaired) electrons. The normalized spacial score (nSPS) is 18.4. The lowest BCUT2D eigenvalue weighted by Gasteiger charge is -2.20. The summed E-state index contributed by atoms with van der Waals surface area (Å²) in [5.74, 6) is 1.95. The molecule has 0 bridgehead atoms. The highest BCUT2D eigenvalue weighted by Crippen LogP contribution is 2.45. The second-order valence-electron chi connectivity index (χ2n) is 9.69. The highest BCUT2D eigenvalue weighted by atomic mass is 19.1. The van der Waals surface area contributed by atoms with Crippen molar-refractivity contribution in [3.63, 3.8) is 0 Å². The van der Waals surface area contributed by atoms with E-state index in [0.717, 1.165) is 36.3 Å². The standard InChI is InChI=1S/C28H30FN5O4/c1-17-24(18-5-4-6-21(29)13-18)31-26(30-16-20-7-8-22(35-2)14-23(20)36-3)27-32-25(33-34(17)27)19-9-10-28(15-19)37-11-12-38-28/h4-8,13-14,19H,9-12,15-16H2,1-3H3,(H,30,31). The molecule has 6 rings (SSSR count). The summed E-state index contributed by atoms with van der Waals surface area (Å²) in [4.78, 5) is 9.85.